The van der Waals surface area contributed by atoms with Crippen LogP contribution in [0.1, 0.15) is 52.9 Å². The molecule has 1 aromatic carbocycles. The molecule has 0 spiro atoms. The molecule has 0 fully saturated rings. The third kappa shape index (κ3) is 5.25. The molecule has 0 aliphatic rings. The van der Waals surface area contributed by atoms with Gasteiger partial charge in [-0.3, -0.25) is 9.59 Å². The van der Waals surface area contributed by atoms with Crippen LogP contribution < -0.4 is 5.32 Å². The number of ether oxygens (including phenoxy) is 1. The molecule has 29 heavy (non-hydrogen) atoms. The quantitative estimate of drug-likeness (QED) is 0.690. The van der Waals surface area contributed by atoms with Crippen LogP contribution in [-0.2, 0) is 16.1 Å². The standard InChI is InChI=1S/C22H29N3O4/c1-6-24(7-2)21(27)17-9-11-18(12-10-17)23-20(26)14-25-15(4)13-19(16(25)5)22(28)29-8-3/h9-13H,6-8,14H2,1-5H3,(H,23,26). The number of amides is 2. The van der Waals surface area contributed by atoms with Crippen molar-refractivity contribution >= 4 is 23.5 Å². The van der Waals surface area contributed by atoms with E-state index in [4.69, 9.17) is 4.74 Å². The lowest BCUT2D eigenvalue weighted by molar-refractivity contribution is -0.116. The summed E-state index contributed by atoms with van der Waals surface area (Å²) >= 11 is 0. The van der Waals surface area contributed by atoms with Crippen LogP contribution in [0.25, 0.3) is 0 Å². The monoisotopic (exact) mass is 399 g/mol. The topological polar surface area (TPSA) is 80.6 Å². The first-order valence-corrected chi connectivity index (χ1v) is 9.85. The smallest absolute Gasteiger partial charge is 0.339 e. The van der Waals surface area contributed by atoms with Crippen LogP contribution in [0, 0.1) is 13.8 Å². The van der Waals surface area contributed by atoms with Gasteiger partial charge in [0.05, 0.1) is 12.2 Å². The number of anilines is 1. The zero-order valence-corrected chi connectivity index (χ0v) is 17.7. The molecule has 0 atom stereocenters. The number of benzene rings is 1. The van der Waals surface area contributed by atoms with Crippen LogP contribution in [0.4, 0.5) is 5.69 Å². The van der Waals surface area contributed by atoms with Crippen LogP contribution in [0.5, 0.6) is 0 Å². The molecule has 2 rings (SSSR count). The van der Waals surface area contributed by atoms with Gasteiger partial charge in [0.2, 0.25) is 5.91 Å². The number of carbonyl (C=O) groups excluding carboxylic acids is 3. The van der Waals surface area contributed by atoms with Crippen molar-refractivity contribution < 1.29 is 19.1 Å². The molecule has 0 saturated carbocycles. The number of nitrogens with one attached hydrogen (secondary N) is 1. The average Bonchev–Trinajstić information content (AvgIpc) is 2.98. The summed E-state index contributed by atoms with van der Waals surface area (Å²) in [5.41, 5.74) is 3.16. The Morgan fingerprint density at radius 1 is 1.03 bits per heavy atom. The first-order chi connectivity index (χ1) is 13.8. The van der Waals surface area contributed by atoms with E-state index in [1.807, 2.05) is 20.8 Å². The molecule has 156 valence electrons. The molecule has 0 radical (unpaired) electrons. The minimum absolute atomic E-state index is 0.0297. The zero-order chi connectivity index (χ0) is 21.6. The summed E-state index contributed by atoms with van der Waals surface area (Å²) in [4.78, 5) is 38.6. The Bertz CT molecular complexity index is 880. The van der Waals surface area contributed by atoms with Crippen LogP contribution >= 0.6 is 0 Å². The summed E-state index contributed by atoms with van der Waals surface area (Å²) in [5, 5.41) is 2.83. The third-order valence-corrected chi connectivity index (χ3v) is 4.84. The van der Waals surface area contributed by atoms with Gasteiger partial charge < -0.3 is 19.5 Å². The molecule has 0 aliphatic heterocycles. The highest BCUT2D eigenvalue weighted by Gasteiger charge is 2.18. The zero-order valence-electron chi connectivity index (χ0n) is 17.7. The molecule has 2 aromatic rings. The Kier molecular flexibility index (Phi) is 7.59. The van der Waals surface area contributed by atoms with Gasteiger partial charge in [-0.05, 0) is 65.0 Å². The van der Waals surface area contributed by atoms with Gasteiger partial charge in [0.25, 0.3) is 5.91 Å². The molecule has 1 heterocycles. The number of aromatic nitrogens is 1. The van der Waals surface area contributed by atoms with E-state index >= 15 is 0 Å². The van der Waals surface area contributed by atoms with Crippen LogP contribution in [0.15, 0.2) is 30.3 Å². The van der Waals surface area contributed by atoms with Gasteiger partial charge in [0, 0.05) is 35.7 Å². The Morgan fingerprint density at radius 3 is 2.21 bits per heavy atom. The Labute approximate surface area is 171 Å². The van der Waals surface area contributed by atoms with Crippen molar-refractivity contribution in [3.05, 3.63) is 52.8 Å². The maximum atomic E-state index is 12.5. The molecule has 0 saturated heterocycles. The fourth-order valence-corrected chi connectivity index (χ4v) is 3.19. The molecule has 0 aliphatic carbocycles. The maximum absolute atomic E-state index is 12.5. The van der Waals surface area contributed by atoms with Crippen molar-refractivity contribution in [1.82, 2.24) is 9.47 Å². The van der Waals surface area contributed by atoms with Crippen molar-refractivity contribution in [2.24, 2.45) is 0 Å². The van der Waals surface area contributed by atoms with E-state index in [1.54, 1.807) is 53.6 Å². The average molecular weight is 399 g/mol. The fraction of sp³-hybridized carbons (Fsp3) is 0.409. The number of esters is 1. The van der Waals surface area contributed by atoms with Crippen molar-refractivity contribution in [2.75, 3.05) is 25.0 Å². The van der Waals surface area contributed by atoms with Gasteiger partial charge in [0.15, 0.2) is 0 Å². The highest BCUT2D eigenvalue weighted by molar-refractivity contribution is 5.96. The Balaban J connectivity index is 2.06. The minimum atomic E-state index is -0.388. The number of rotatable bonds is 8. The number of hydrogen-bond donors (Lipinski definition) is 1. The summed E-state index contributed by atoms with van der Waals surface area (Å²) in [6, 6.07) is 8.58. The molecule has 1 N–H and O–H groups in total. The Hall–Kier alpha value is -3.09. The molecule has 0 bridgehead atoms. The van der Waals surface area contributed by atoms with E-state index in [0.717, 1.165) is 5.69 Å². The van der Waals surface area contributed by atoms with Gasteiger partial charge in [-0.15, -0.1) is 0 Å². The number of hydrogen-bond acceptors (Lipinski definition) is 4. The van der Waals surface area contributed by atoms with Crippen molar-refractivity contribution in [3.63, 3.8) is 0 Å². The van der Waals surface area contributed by atoms with E-state index in [1.165, 1.54) is 0 Å². The second-order valence-electron chi connectivity index (χ2n) is 6.69. The fourth-order valence-electron chi connectivity index (χ4n) is 3.19. The van der Waals surface area contributed by atoms with Gasteiger partial charge in [-0.2, -0.15) is 0 Å². The summed E-state index contributed by atoms with van der Waals surface area (Å²) in [6.45, 7) is 11.0. The normalized spacial score (nSPS) is 10.5. The molecule has 7 heteroatoms. The van der Waals surface area contributed by atoms with E-state index in [-0.39, 0.29) is 24.3 Å². The first-order valence-electron chi connectivity index (χ1n) is 9.85. The third-order valence-electron chi connectivity index (χ3n) is 4.84. The Morgan fingerprint density at radius 2 is 1.66 bits per heavy atom. The summed E-state index contributed by atoms with van der Waals surface area (Å²) in [5.74, 6) is -0.635. The molecular weight excluding hydrogens is 370 g/mol. The molecule has 7 nitrogen and oxygen atoms in total. The van der Waals surface area contributed by atoms with Crippen LogP contribution in [0.2, 0.25) is 0 Å². The van der Waals surface area contributed by atoms with Crippen LogP contribution in [-0.4, -0.2) is 46.9 Å². The van der Waals surface area contributed by atoms with Crippen molar-refractivity contribution in [2.45, 2.75) is 41.2 Å². The highest BCUT2D eigenvalue weighted by Crippen LogP contribution is 2.17. The maximum Gasteiger partial charge on any atom is 0.339 e. The van der Waals surface area contributed by atoms with E-state index in [0.29, 0.717) is 42.2 Å². The van der Waals surface area contributed by atoms with Gasteiger partial charge >= 0.3 is 5.97 Å². The van der Waals surface area contributed by atoms with Crippen molar-refractivity contribution in [1.29, 1.82) is 0 Å². The summed E-state index contributed by atoms with van der Waals surface area (Å²) in [7, 11) is 0. The SMILES string of the molecule is CCOC(=O)c1cc(C)n(CC(=O)Nc2ccc(C(=O)N(CC)CC)cc2)c1C. The summed E-state index contributed by atoms with van der Waals surface area (Å²) < 4.78 is 6.83. The van der Waals surface area contributed by atoms with E-state index in [9.17, 15) is 14.4 Å². The second kappa shape index (κ2) is 9.91. The lowest BCUT2D eigenvalue weighted by Gasteiger charge is -2.18. The molecule has 0 unspecified atom stereocenters. The summed E-state index contributed by atoms with van der Waals surface area (Å²) in [6.07, 6.45) is 0. The van der Waals surface area contributed by atoms with Crippen molar-refractivity contribution in [3.8, 4) is 0 Å². The minimum Gasteiger partial charge on any atom is -0.462 e. The molecule has 2 amide bonds. The number of nitrogens with zero attached hydrogens (tertiary/aromatic N) is 2. The number of aryl methyl sites for hydroxylation is 1. The van der Waals surface area contributed by atoms with Gasteiger partial charge in [-0.1, -0.05) is 0 Å². The number of carbonyl (C=O) groups is 3. The van der Waals surface area contributed by atoms with E-state index in [2.05, 4.69) is 5.32 Å². The van der Waals surface area contributed by atoms with Crippen LogP contribution in [0.3, 0.4) is 0 Å². The lowest BCUT2D eigenvalue weighted by Crippen LogP contribution is -2.30. The predicted octanol–water partition coefficient (Wildman–Crippen LogP) is 3.40. The molecule has 1 aromatic heterocycles. The highest BCUT2D eigenvalue weighted by atomic mass is 16.5. The van der Waals surface area contributed by atoms with E-state index < -0.39 is 0 Å². The first kappa shape index (κ1) is 22.2. The predicted molar refractivity (Wildman–Crippen MR) is 112 cm³/mol. The lowest BCUT2D eigenvalue weighted by atomic mass is 10.1. The second-order valence-corrected chi connectivity index (χ2v) is 6.69. The largest absolute Gasteiger partial charge is 0.462 e. The van der Waals surface area contributed by atoms with Gasteiger partial charge in [-0.25, -0.2) is 4.79 Å². The molecular formula is C22H29N3O4. The van der Waals surface area contributed by atoms with Gasteiger partial charge in [0.1, 0.15) is 6.54 Å².